The van der Waals surface area contributed by atoms with Crippen LogP contribution in [0.3, 0.4) is 0 Å². The topological polar surface area (TPSA) is 46.2 Å². The zero-order valence-electron chi connectivity index (χ0n) is 8.73. The average molecular weight is 225 g/mol. The molecule has 82 valence electrons. The van der Waals surface area contributed by atoms with Crippen molar-refractivity contribution in [2.24, 2.45) is 0 Å². The smallest absolute Gasteiger partial charge is 0.153 e. The van der Waals surface area contributed by atoms with Gasteiger partial charge in [-0.05, 0) is 12.5 Å². The van der Waals surface area contributed by atoms with E-state index < -0.39 is 9.84 Å². The molecular weight excluding hydrogens is 210 g/mol. The molecule has 0 spiro atoms. The second kappa shape index (κ2) is 3.94. The lowest BCUT2D eigenvalue weighted by Crippen LogP contribution is -2.39. The minimum absolute atomic E-state index is 0.0376. The van der Waals surface area contributed by atoms with Crippen molar-refractivity contribution in [2.75, 3.05) is 18.1 Å². The fourth-order valence-corrected chi connectivity index (χ4v) is 3.21. The third kappa shape index (κ3) is 2.58. The summed E-state index contributed by atoms with van der Waals surface area (Å²) in [5.74, 6) is 0.478. The van der Waals surface area contributed by atoms with Gasteiger partial charge in [0.2, 0.25) is 0 Å². The normalized spacial score (nSPS) is 25.0. The van der Waals surface area contributed by atoms with Crippen LogP contribution in [0, 0.1) is 6.92 Å². The van der Waals surface area contributed by atoms with Crippen LogP contribution in [0.15, 0.2) is 24.3 Å². The van der Waals surface area contributed by atoms with Crippen LogP contribution < -0.4 is 5.32 Å². The van der Waals surface area contributed by atoms with Gasteiger partial charge in [0.1, 0.15) is 0 Å². The Hall–Kier alpha value is -0.870. The van der Waals surface area contributed by atoms with Gasteiger partial charge in [-0.1, -0.05) is 29.8 Å². The van der Waals surface area contributed by atoms with Gasteiger partial charge in [-0.3, -0.25) is 0 Å². The van der Waals surface area contributed by atoms with E-state index >= 15 is 0 Å². The molecule has 1 N–H and O–H groups in total. The van der Waals surface area contributed by atoms with E-state index in [-0.39, 0.29) is 17.5 Å². The highest BCUT2D eigenvalue weighted by atomic mass is 32.2. The number of aryl methyl sites for hydroxylation is 1. The van der Waals surface area contributed by atoms with Gasteiger partial charge in [0.15, 0.2) is 9.84 Å². The van der Waals surface area contributed by atoms with Crippen LogP contribution in [0.1, 0.15) is 17.2 Å². The number of nitrogens with one attached hydrogen (secondary N) is 1. The summed E-state index contributed by atoms with van der Waals surface area (Å²) in [6.45, 7) is 2.58. The van der Waals surface area contributed by atoms with Crippen LogP contribution in [0.5, 0.6) is 0 Å². The summed E-state index contributed by atoms with van der Waals surface area (Å²) in [5.41, 5.74) is 2.25. The average Bonchev–Trinajstić information content (AvgIpc) is 2.17. The lowest BCUT2D eigenvalue weighted by atomic mass is 10.1. The van der Waals surface area contributed by atoms with Gasteiger partial charge in [-0.15, -0.1) is 0 Å². The van der Waals surface area contributed by atoms with Crippen LogP contribution in [0.2, 0.25) is 0 Å². The third-order valence-corrected chi connectivity index (χ3v) is 4.37. The van der Waals surface area contributed by atoms with Crippen molar-refractivity contribution in [3.8, 4) is 0 Å². The molecule has 1 heterocycles. The molecule has 0 amide bonds. The molecule has 1 aromatic rings. The Morgan fingerprint density at radius 3 is 2.53 bits per heavy atom. The van der Waals surface area contributed by atoms with E-state index in [1.54, 1.807) is 0 Å². The monoisotopic (exact) mass is 225 g/mol. The molecule has 0 saturated carbocycles. The number of benzene rings is 1. The summed E-state index contributed by atoms with van der Waals surface area (Å²) in [6, 6.07) is 7.97. The first kappa shape index (κ1) is 10.6. The van der Waals surface area contributed by atoms with Crippen molar-refractivity contribution in [2.45, 2.75) is 13.0 Å². The van der Waals surface area contributed by atoms with Crippen molar-refractivity contribution >= 4 is 9.84 Å². The van der Waals surface area contributed by atoms with Crippen LogP contribution in [-0.2, 0) is 9.84 Å². The number of sulfone groups is 1. The molecule has 1 aliphatic heterocycles. The minimum Gasteiger partial charge on any atom is -0.308 e. The quantitative estimate of drug-likeness (QED) is 0.777. The number of rotatable bonds is 1. The lowest BCUT2D eigenvalue weighted by Gasteiger charge is -2.24. The molecule has 0 bridgehead atoms. The Labute approximate surface area is 90.4 Å². The second-order valence-corrected chi connectivity index (χ2v) is 6.26. The minimum atomic E-state index is -2.85. The molecule has 1 saturated heterocycles. The van der Waals surface area contributed by atoms with E-state index in [0.717, 1.165) is 5.56 Å². The fraction of sp³-hybridized carbons (Fsp3) is 0.455. The molecule has 0 aliphatic carbocycles. The maximum absolute atomic E-state index is 11.5. The van der Waals surface area contributed by atoms with Gasteiger partial charge < -0.3 is 5.32 Å². The van der Waals surface area contributed by atoms with Crippen LogP contribution >= 0.6 is 0 Å². The maximum atomic E-state index is 11.5. The molecule has 4 heteroatoms. The van der Waals surface area contributed by atoms with Crippen molar-refractivity contribution in [3.63, 3.8) is 0 Å². The zero-order chi connectivity index (χ0) is 10.9. The summed E-state index contributed by atoms with van der Waals surface area (Å²) in [6.07, 6.45) is 0. The first-order valence-electron chi connectivity index (χ1n) is 5.07. The molecule has 1 fully saturated rings. The molecule has 1 aliphatic rings. The standard InChI is InChI=1S/C11H15NO2S/c1-9-2-4-10(5-3-9)11-8-15(13,14)7-6-12-11/h2-5,11-12H,6-8H2,1H3. The zero-order valence-corrected chi connectivity index (χ0v) is 9.55. The van der Waals surface area contributed by atoms with E-state index in [9.17, 15) is 8.42 Å². The van der Waals surface area contributed by atoms with Gasteiger partial charge >= 0.3 is 0 Å². The van der Waals surface area contributed by atoms with Crippen molar-refractivity contribution in [3.05, 3.63) is 35.4 Å². The third-order valence-electron chi connectivity index (χ3n) is 2.70. The van der Waals surface area contributed by atoms with Gasteiger partial charge in [0.25, 0.3) is 0 Å². The van der Waals surface area contributed by atoms with E-state index in [1.165, 1.54) is 5.56 Å². The van der Waals surface area contributed by atoms with Crippen molar-refractivity contribution in [1.82, 2.24) is 5.32 Å². The van der Waals surface area contributed by atoms with E-state index in [4.69, 9.17) is 0 Å². The molecule has 0 aromatic heterocycles. The summed E-state index contributed by atoms with van der Waals surface area (Å²) >= 11 is 0. The molecule has 1 unspecified atom stereocenters. The highest BCUT2D eigenvalue weighted by molar-refractivity contribution is 7.91. The number of hydrogen-bond donors (Lipinski definition) is 1. The Morgan fingerprint density at radius 2 is 1.93 bits per heavy atom. The molecule has 1 aromatic carbocycles. The van der Waals surface area contributed by atoms with Gasteiger partial charge in [-0.25, -0.2) is 8.42 Å². The molecule has 3 nitrogen and oxygen atoms in total. The Kier molecular flexibility index (Phi) is 2.80. The molecule has 1 atom stereocenters. The van der Waals surface area contributed by atoms with Gasteiger partial charge in [0.05, 0.1) is 11.5 Å². The predicted octanol–water partition coefficient (Wildman–Crippen LogP) is 1.05. The highest BCUT2D eigenvalue weighted by Crippen LogP contribution is 2.18. The Bertz CT molecular complexity index is 436. The SMILES string of the molecule is Cc1ccc(C2CS(=O)(=O)CCN2)cc1. The van der Waals surface area contributed by atoms with Crippen LogP contribution in [-0.4, -0.2) is 26.5 Å². The van der Waals surface area contributed by atoms with E-state index in [1.807, 2.05) is 31.2 Å². The van der Waals surface area contributed by atoms with Crippen LogP contribution in [0.25, 0.3) is 0 Å². The largest absolute Gasteiger partial charge is 0.308 e. The highest BCUT2D eigenvalue weighted by Gasteiger charge is 2.24. The summed E-state index contributed by atoms with van der Waals surface area (Å²) in [7, 11) is -2.85. The van der Waals surface area contributed by atoms with Gasteiger partial charge in [0, 0.05) is 12.6 Å². The van der Waals surface area contributed by atoms with Crippen molar-refractivity contribution in [1.29, 1.82) is 0 Å². The summed E-state index contributed by atoms with van der Waals surface area (Å²) in [4.78, 5) is 0. The number of hydrogen-bond acceptors (Lipinski definition) is 3. The van der Waals surface area contributed by atoms with Gasteiger partial charge in [-0.2, -0.15) is 0 Å². The molecule has 15 heavy (non-hydrogen) atoms. The predicted molar refractivity (Wildman–Crippen MR) is 60.6 cm³/mol. The Morgan fingerprint density at radius 1 is 1.27 bits per heavy atom. The second-order valence-electron chi connectivity index (χ2n) is 4.03. The first-order valence-corrected chi connectivity index (χ1v) is 6.89. The van der Waals surface area contributed by atoms with Crippen LogP contribution in [0.4, 0.5) is 0 Å². The molecule has 0 radical (unpaired) electrons. The van der Waals surface area contributed by atoms with Crippen molar-refractivity contribution < 1.29 is 8.42 Å². The van der Waals surface area contributed by atoms with E-state index in [2.05, 4.69) is 5.32 Å². The lowest BCUT2D eigenvalue weighted by molar-refractivity contribution is 0.531. The summed E-state index contributed by atoms with van der Waals surface area (Å²) < 4.78 is 22.9. The fourth-order valence-electron chi connectivity index (χ4n) is 1.80. The first-order chi connectivity index (χ1) is 7.07. The molecular formula is C11H15NO2S. The Balaban J connectivity index is 2.21. The molecule has 2 rings (SSSR count). The summed E-state index contributed by atoms with van der Waals surface area (Å²) in [5, 5.41) is 3.23. The maximum Gasteiger partial charge on any atom is 0.153 e. The van der Waals surface area contributed by atoms with E-state index in [0.29, 0.717) is 6.54 Å².